The van der Waals surface area contributed by atoms with Crippen LogP contribution >= 0.6 is 0 Å². The molecular weight excluding hydrogens is 192 g/mol. The molecule has 1 heterocycles. The van der Waals surface area contributed by atoms with Crippen LogP contribution in [0.25, 0.3) is 0 Å². The van der Waals surface area contributed by atoms with E-state index in [1.165, 1.54) is 0 Å². The molecule has 1 unspecified atom stereocenters. The van der Waals surface area contributed by atoms with Crippen molar-refractivity contribution in [3.63, 3.8) is 0 Å². The van der Waals surface area contributed by atoms with Gasteiger partial charge in [-0.2, -0.15) is 0 Å². The Hall–Kier alpha value is -0.160. The number of aliphatic hydroxyl groups is 1. The molecule has 0 aromatic carbocycles. The van der Waals surface area contributed by atoms with Gasteiger partial charge >= 0.3 is 0 Å². The average Bonchev–Trinajstić information content (AvgIpc) is 2.27. The number of piperazine rings is 1. The van der Waals surface area contributed by atoms with Crippen molar-refractivity contribution in [2.45, 2.75) is 6.42 Å². The lowest BCUT2D eigenvalue weighted by Crippen LogP contribution is -2.46. The van der Waals surface area contributed by atoms with Gasteiger partial charge in [-0.15, -0.1) is 0 Å². The monoisotopic (exact) mass is 216 g/mol. The minimum Gasteiger partial charge on any atom is -0.396 e. The van der Waals surface area contributed by atoms with Crippen LogP contribution in [-0.2, 0) is 4.74 Å². The van der Waals surface area contributed by atoms with E-state index in [4.69, 9.17) is 4.74 Å². The van der Waals surface area contributed by atoms with Gasteiger partial charge in [0.15, 0.2) is 0 Å². The fraction of sp³-hybridized carbons (Fsp3) is 1.00. The molecule has 0 aromatic heterocycles. The Kier molecular flexibility index (Phi) is 6.17. The molecule has 1 aliphatic heterocycles. The SMILES string of the molecule is COCCC(CO)CN1CCN(C)CC1. The number of aliphatic hydroxyl groups excluding tert-OH is 1. The van der Waals surface area contributed by atoms with Crippen LogP contribution in [0, 0.1) is 5.92 Å². The summed E-state index contributed by atoms with van der Waals surface area (Å²) in [5.74, 6) is 0.369. The number of methoxy groups -OCH3 is 1. The van der Waals surface area contributed by atoms with Gasteiger partial charge in [0.2, 0.25) is 0 Å². The molecule has 4 nitrogen and oxygen atoms in total. The predicted octanol–water partition coefficient (Wildman–Crippen LogP) is -0.121. The summed E-state index contributed by atoms with van der Waals surface area (Å²) in [4.78, 5) is 4.79. The van der Waals surface area contributed by atoms with Crippen LogP contribution < -0.4 is 0 Å². The molecular formula is C11H24N2O2. The van der Waals surface area contributed by atoms with Crippen molar-refractivity contribution in [1.82, 2.24) is 9.80 Å². The molecule has 90 valence electrons. The molecule has 1 fully saturated rings. The van der Waals surface area contributed by atoms with Crippen molar-refractivity contribution in [3.05, 3.63) is 0 Å². The van der Waals surface area contributed by atoms with Gasteiger partial charge in [0.05, 0.1) is 0 Å². The first-order chi connectivity index (χ1) is 7.26. The van der Waals surface area contributed by atoms with Crippen molar-refractivity contribution in [2.75, 3.05) is 60.1 Å². The third-order valence-corrected chi connectivity index (χ3v) is 3.10. The fourth-order valence-electron chi connectivity index (χ4n) is 1.92. The van der Waals surface area contributed by atoms with Gasteiger partial charge in [0.1, 0.15) is 0 Å². The molecule has 1 N–H and O–H groups in total. The smallest absolute Gasteiger partial charge is 0.0472 e. The highest BCUT2D eigenvalue weighted by Gasteiger charge is 2.17. The van der Waals surface area contributed by atoms with E-state index in [0.717, 1.165) is 45.8 Å². The Morgan fingerprint density at radius 1 is 1.27 bits per heavy atom. The summed E-state index contributed by atoms with van der Waals surface area (Å²) in [6.45, 7) is 6.56. The van der Waals surface area contributed by atoms with Gasteiger partial charge < -0.3 is 19.6 Å². The van der Waals surface area contributed by atoms with Crippen LogP contribution in [0.1, 0.15) is 6.42 Å². The number of rotatable bonds is 6. The fourth-order valence-corrected chi connectivity index (χ4v) is 1.92. The largest absolute Gasteiger partial charge is 0.396 e. The number of likely N-dealkylation sites (N-methyl/N-ethyl adjacent to an activating group) is 1. The quantitative estimate of drug-likeness (QED) is 0.671. The Bertz CT molecular complexity index is 156. The average molecular weight is 216 g/mol. The van der Waals surface area contributed by atoms with E-state index in [-0.39, 0.29) is 6.61 Å². The third kappa shape index (κ3) is 4.93. The Morgan fingerprint density at radius 3 is 2.47 bits per heavy atom. The molecule has 0 radical (unpaired) electrons. The maximum Gasteiger partial charge on any atom is 0.0472 e. The summed E-state index contributed by atoms with van der Waals surface area (Å²) < 4.78 is 5.04. The van der Waals surface area contributed by atoms with Gasteiger partial charge in [0, 0.05) is 53.0 Å². The first kappa shape index (κ1) is 12.9. The number of hydrogen-bond acceptors (Lipinski definition) is 4. The zero-order valence-corrected chi connectivity index (χ0v) is 9.98. The second kappa shape index (κ2) is 7.17. The molecule has 1 saturated heterocycles. The maximum atomic E-state index is 9.24. The maximum absolute atomic E-state index is 9.24. The zero-order valence-electron chi connectivity index (χ0n) is 9.98. The second-order valence-electron chi connectivity index (χ2n) is 4.43. The van der Waals surface area contributed by atoms with Crippen molar-refractivity contribution in [1.29, 1.82) is 0 Å². The highest BCUT2D eigenvalue weighted by molar-refractivity contribution is 4.72. The number of hydrogen-bond donors (Lipinski definition) is 1. The van der Waals surface area contributed by atoms with E-state index in [1.54, 1.807) is 7.11 Å². The third-order valence-electron chi connectivity index (χ3n) is 3.10. The van der Waals surface area contributed by atoms with E-state index in [2.05, 4.69) is 16.8 Å². The molecule has 1 rings (SSSR count). The summed E-state index contributed by atoms with van der Waals surface area (Å²) in [7, 11) is 3.87. The molecule has 1 atom stereocenters. The zero-order chi connectivity index (χ0) is 11.1. The van der Waals surface area contributed by atoms with E-state index in [9.17, 15) is 5.11 Å². The lowest BCUT2D eigenvalue weighted by molar-refractivity contribution is 0.0925. The molecule has 0 bridgehead atoms. The highest BCUT2D eigenvalue weighted by Crippen LogP contribution is 2.08. The molecule has 0 saturated carbocycles. The van der Waals surface area contributed by atoms with Crippen LogP contribution in [0.15, 0.2) is 0 Å². The van der Waals surface area contributed by atoms with E-state index >= 15 is 0 Å². The topological polar surface area (TPSA) is 35.9 Å². The van der Waals surface area contributed by atoms with Gasteiger partial charge in [-0.05, 0) is 19.4 Å². The molecule has 4 heteroatoms. The molecule has 0 aliphatic carbocycles. The van der Waals surface area contributed by atoms with Crippen molar-refractivity contribution in [3.8, 4) is 0 Å². The van der Waals surface area contributed by atoms with Gasteiger partial charge in [-0.3, -0.25) is 0 Å². The Balaban J connectivity index is 2.19. The Labute approximate surface area is 92.8 Å². The van der Waals surface area contributed by atoms with Crippen molar-refractivity contribution >= 4 is 0 Å². The van der Waals surface area contributed by atoms with Crippen LogP contribution in [0.3, 0.4) is 0 Å². The predicted molar refractivity (Wildman–Crippen MR) is 61.0 cm³/mol. The lowest BCUT2D eigenvalue weighted by Gasteiger charge is -2.34. The van der Waals surface area contributed by atoms with Crippen LogP contribution in [0.2, 0.25) is 0 Å². The molecule has 1 aliphatic rings. The van der Waals surface area contributed by atoms with E-state index in [0.29, 0.717) is 5.92 Å². The van der Waals surface area contributed by atoms with Gasteiger partial charge in [0.25, 0.3) is 0 Å². The number of nitrogens with zero attached hydrogens (tertiary/aromatic N) is 2. The number of ether oxygens (including phenoxy) is 1. The minimum atomic E-state index is 0.274. The Morgan fingerprint density at radius 2 is 1.93 bits per heavy atom. The standard InChI is InChI=1S/C11H24N2O2/c1-12-4-6-13(7-5-12)9-11(10-14)3-8-15-2/h11,14H,3-10H2,1-2H3. The summed E-state index contributed by atoms with van der Waals surface area (Å²) in [5.41, 5.74) is 0. The first-order valence-corrected chi connectivity index (χ1v) is 5.77. The van der Waals surface area contributed by atoms with E-state index < -0.39 is 0 Å². The van der Waals surface area contributed by atoms with Crippen LogP contribution in [0.4, 0.5) is 0 Å². The lowest BCUT2D eigenvalue weighted by atomic mass is 10.1. The minimum absolute atomic E-state index is 0.274. The van der Waals surface area contributed by atoms with Crippen molar-refractivity contribution < 1.29 is 9.84 Å². The summed E-state index contributed by atoms with van der Waals surface area (Å²) >= 11 is 0. The molecule has 0 spiro atoms. The van der Waals surface area contributed by atoms with E-state index in [1.807, 2.05) is 0 Å². The van der Waals surface area contributed by atoms with Crippen molar-refractivity contribution in [2.24, 2.45) is 5.92 Å². The van der Waals surface area contributed by atoms with Crippen LogP contribution in [-0.4, -0.2) is 75.0 Å². The van der Waals surface area contributed by atoms with Gasteiger partial charge in [-0.1, -0.05) is 0 Å². The summed E-state index contributed by atoms with van der Waals surface area (Å²) in [6, 6.07) is 0. The first-order valence-electron chi connectivity index (χ1n) is 5.77. The summed E-state index contributed by atoms with van der Waals surface area (Å²) in [6.07, 6.45) is 0.958. The van der Waals surface area contributed by atoms with Crippen LogP contribution in [0.5, 0.6) is 0 Å². The summed E-state index contributed by atoms with van der Waals surface area (Å²) in [5, 5.41) is 9.24. The highest BCUT2D eigenvalue weighted by atomic mass is 16.5. The molecule has 0 aromatic rings. The molecule has 15 heavy (non-hydrogen) atoms. The second-order valence-corrected chi connectivity index (χ2v) is 4.43. The van der Waals surface area contributed by atoms with Gasteiger partial charge in [-0.25, -0.2) is 0 Å². The normalized spacial score (nSPS) is 21.8. The molecule has 0 amide bonds.